The van der Waals surface area contributed by atoms with E-state index in [1.165, 1.54) is 6.07 Å². The summed E-state index contributed by atoms with van der Waals surface area (Å²) in [6, 6.07) is 14.3. The van der Waals surface area contributed by atoms with Crippen molar-refractivity contribution in [2.45, 2.75) is 0 Å². The number of pyridine rings is 3. The quantitative estimate of drug-likeness (QED) is 0.387. The molecule has 8 heteroatoms. The molecule has 0 fully saturated rings. The fourth-order valence-corrected chi connectivity index (χ4v) is 4.00. The van der Waals surface area contributed by atoms with Gasteiger partial charge in [0.25, 0.3) is 0 Å². The van der Waals surface area contributed by atoms with Crippen molar-refractivity contribution < 1.29 is 9.13 Å². The van der Waals surface area contributed by atoms with Gasteiger partial charge in [-0.1, -0.05) is 12.1 Å². The highest BCUT2D eigenvalue weighted by molar-refractivity contribution is 6.00. The van der Waals surface area contributed by atoms with Crippen LogP contribution in [0.1, 0.15) is 0 Å². The van der Waals surface area contributed by atoms with Gasteiger partial charge in [0.05, 0.1) is 42.1 Å². The second kappa shape index (κ2) is 7.52. The Hall–Kier alpha value is -4.59. The van der Waals surface area contributed by atoms with Crippen molar-refractivity contribution in [3.63, 3.8) is 0 Å². The van der Waals surface area contributed by atoms with Gasteiger partial charge in [-0.05, 0) is 36.4 Å². The van der Waals surface area contributed by atoms with Gasteiger partial charge in [-0.2, -0.15) is 5.10 Å². The van der Waals surface area contributed by atoms with E-state index in [1.54, 1.807) is 50.1 Å². The molecule has 0 aliphatic carbocycles. The number of nitrogens with zero attached hydrogens (tertiary/aromatic N) is 4. The molecular weight excluding hydrogens is 419 g/mol. The smallest absolute Gasteiger partial charge is 0.137 e. The van der Waals surface area contributed by atoms with Crippen molar-refractivity contribution in [3.05, 3.63) is 79.1 Å². The maximum atomic E-state index is 14.5. The lowest BCUT2D eigenvalue weighted by Crippen LogP contribution is -1.88. The van der Waals surface area contributed by atoms with Gasteiger partial charge in [-0.25, -0.2) is 4.39 Å². The first kappa shape index (κ1) is 19.1. The molecule has 0 saturated heterocycles. The van der Waals surface area contributed by atoms with Crippen molar-refractivity contribution in [1.29, 1.82) is 0 Å². The fraction of sp³-hybridized carbons (Fsp3) is 0.0400. The summed E-state index contributed by atoms with van der Waals surface area (Å²) in [4.78, 5) is 16.6. The summed E-state index contributed by atoms with van der Waals surface area (Å²) in [5.74, 6) is 0.346. The van der Waals surface area contributed by atoms with Crippen LogP contribution in [0, 0.1) is 5.82 Å². The predicted molar refractivity (Wildman–Crippen MR) is 124 cm³/mol. The third kappa shape index (κ3) is 3.20. The second-order valence-electron chi connectivity index (χ2n) is 7.58. The number of halogens is 1. The van der Waals surface area contributed by atoms with E-state index >= 15 is 0 Å². The van der Waals surface area contributed by atoms with Crippen molar-refractivity contribution in [2.75, 3.05) is 7.11 Å². The number of aromatic nitrogens is 6. The number of H-pyrrole nitrogens is 2. The Morgan fingerprint density at radius 3 is 2.64 bits per heavy atom. The van der Waals surface area contributed by atoms with Crippen molar-refractivity contribution in [1.82, 2.24) is 30.1 Å². The number of rotatable bonds is 4. The number of aromatic amines is 2. The lowest BCUT2D eigenvalue weighted by atomic mass is 10.1. The zero-order chi connectivity index (χ0) is 22.4. The van der Waals surface area contributed by atoms with Crippen molar-refractivity contribution in [2.24, 2.45) is 0 Å². The summed E-state index contributed by atoms with van der Waals surface area (Å²) in [7, 11) is 1.60. The molecule has 0 spiro atoms. The molecule has 0 radical (unpaired) electrons. The Morgan fingerprint density at radius 1 is 0.879 bits per heavy atom. The summed E-state index contributed by atoms with van der Waals surface area (Å²) in [6.07, 6.45) is 6.81. The first-order chi connectivity index (χ1) is 16.2. The third-order valence-electron chi connectivity index (χ3n) is 5.62. The average Bonchev–Trinajstić information content (AvgIpc) is 3.48. The van der Waals surface area contributed by atoms with Crippen LogP contribution in [0.25, 0.3) is 55.7 Å². The first-order valence-corrected chi connectivity index (χ1v) is 10.3. The summed E-state index contributed by atoms with van der Waals surface area (Å²) >= 11 is 0. The number of ether oxygens (including phenoxy) is 1. The average molecular weight is 436 g/mol. The lowest BCUT2D eigenvalue weighted by molar-refractivity contribution is 0.413. The van der Waals surface area contributed by atoms with Gasteiger partial charge in [-0.15, -0.1) is 0 Å². The molecule has 2 N–H and O–H groups in total. The van der Waals surface area contributed by atoms with Crippen LogP contribution < -0.4 is 4.74 Å². The molecule has 0 unspecified atom stereocenters. The number of fused-ring (bicyclic) bond motifs is 2. The van der Waals surface area contributed by atoms with Crippen molar-refractivity contribution >= 4 is 21.8 Å². The molecule has 0 aliphatic rings. The Morgan fingerprint density at radius 2 is 1.76 bits per heavy atom. The lowest BCUT2D eigenvalue weighted by Gasteiger charge is -2.04. The number of benzene rings is 1. The van der Waals surface area contributed by atoms with E-state index in [-0.39, 0.29) is 5.82 Å². The molecule has 0 bridgehead atoms. The van der Waals surface area contributed by atoms with Gasteiger partial charge < -0.3 is 9.72 Å². The Bertz CT molecular complexity index is 1640. The SMILES string of the molecule is COc1cncc(-c2cc3c(-c4cc5c(-c6ccccc6F)nccc5[nH]4)n[nH]c3cn2)c1. The monoisotopic (exact) mass is 436 g/mol. The van der Waals surface area contributed by atoms with Gasteiger partial charge in [0.1, 0.15) is 17.3 Å². The van der Waals surface area contributed by atoms with Crippen LogP contribution in [0.5, 0.6) is 5.75 Å². The highest BCUT2D eigenvalue weighted by atomic mass is 19.1. The van der Waals surface area contributed by atoms with E-state index in [1.807, 2.05) is 24.3 Å². The van der Waals surface area contributed by atoms with Crippen LogP contribution >= 0.6 is 0 Å². The van der Waals surface area contributed by atoms with E-state index < -0.39 is 0 Å². The van der Waals surface area contributed by atoms with E-state index in [0.717, 1.165) is 44.5 Å². The van der Waals surface area contributed by atoms with Gasteiger partial charge >= 0.3 is 0 Å². The molecule has 0 atom stereocenters. The summed E-state index contributed by atoms with van der Waals surface area (Å²) in [6.45, 7) is 0. The topological polar surface area (TPSA) is 92.4 Å². The van der Waals surface area contributed by atoms with Crippen LogP contribution in [0.2, 0.25) is 0 Å². The number of methoxy groups -OCH3 is 1. The Labute approximate surface area is 187 Å². The van der Waals surface area contributed by atoms with Gasteiger partial charge in [-0.3, -0.25) is 20.1 Å². The summed E-state index contributed by atoms with van der Waals surface area (Å²) < 4.78 is 19.7. The normalized spacial score (nSPS) is 11.3. The van der Waals surface area contributed by atoms with Crippen LogP contribution in [-0.4, -0.2) is 37.2 Å². The molecule has 33 heavy (non-hydrogen) atoms. The van der Waals surface area contributed by atoms with E-state index in [9.17, 15) is 4.39 Å². The Kier molecular flexibility index (Phi) is 4.36. The van der Waals surface area contributed by atoms with E-state index in [0.29, 0.717) is 17.0 Å². The molecule has 5 aromatic heterocycles. The Balaban J connectivity index is 1.50. The van der Waals surface area contributed by atoms with Crippen molar-refractivity contribution in [3.8, 4) is 39.7 Å². The second-order valence-corrected chi connectivity index (χ2v) is 7.58. The van der Waals surface area contributed by atoms with Crippen LogP contribution in [0.15, 0.2) is 73.3 Å². The molecule has 6 aromatic rings. The molecule has 0 saturated carbocycles. The summed E-state index contributed by atoms with van der Waals surface area (Å²) in [5.41, 5.74) is 5.81. The van der Waals surface area contributed by atoms with Gasteiger partial charge in [0, 0.05) is 39.8 Å². The third-order valence-corrected chi connectivity index (χ3v) is 5.62. The molecular formula is C25H17FN6O. The first-order valence-electron chi connectivity index (χ1n) is 10.3. The largest absolute Gasteiger partial charge is 0.495 e. The minimum Gasteiger partial charge on any atom is -0.495 e. The summed E-state index contributed by atoms with van der Waals surface area (Å²) in [5, 5.41) is 9.27. The maximum Gasteiger partial charge on any atom is 0.137 e. The highest BCUT2D eigenvalue weighted by Crippen LogP contribution is 2.34. The molecule has 6 rings (SSSR count). The zero-order valence-corrected chi connectivity index (χ0v) is 17.5. The minimum absolute atomic E-state index is 0.312. The van der Waals surface area contributed by atoms with E-state index in [2.05, 4.69) is 30.1 Å². The molecule has 5 heterocycles. The fourth-order valence-electron chi connectivity index (χ4n) is 4.00. The van der Waals surface area contributed by atoms with Gasteiger partial charge in [0.15, 0.2) is 0 Å². The molecule has 0 amide bonds. The minimum atomic E-state index is -0.312. The zero-order valence-electron chi connectivity index (χ0n) is 17.5. The standard InChI is InChI=1S/C25H17FN6O/c1-33-15-8-14(11-27-12-15)21-9-18-23(13-29-21)31-32-25(18)22-10-17-20(30-22)6-7-28-24(17)16-4-2-3-5-19(16)26/h2-13,30H,1H3,(H,31,32). The molecule has 1 aromatic carbocycles. The predicted octanol–water partition coefficient (Wildman–Crippen LogP) is 5.38. The maximum absolute atomic E-state index is 14.5. The van der Waals surface area contributed by atoms with E-state index in [4.69, 9.17) is 4.74 Å². The van der Waals surface area contributed by atoms with Crippen LogP contribution in [0.3, 0.4) is 0 Å². The van der Waals surface area contributed by atoms with Crippen LogP contribution in [-0.2, 0) is 0 Å². The van der Waals surface area contributed by atoms with Crippen LogP contribution in [0.4, 0.5) is 4.39 Å². The number of hydrogen-bond donors (Lipinski definition) is 2. The molecule has 0 aliphatic heterocycles. The molecule has 7 nitrogen and oxygen atoms in total. The number of nitrogens with one attached hydrogen (secondary N) is 2. The molecule has 160 valence electrons. The highest BCUT2D eigenvalue weighted by Gasteiger charge is 2.16. The number of hydrogen-bond acceptors (Lipinski definition) is 5. The van der Waals surface area contributed by atoms with Gasteiger partial charge in [0.2, 0.25) is 0 Å².